The Morgan fingerprint density at radius 3 is 2.79 bits per heavy atom. The van der Waals surface area contributed by atoms with Crippen LogP contribution in [-0.2, 0) is 4.79 Å². The first-order chi connectivity index (χ1) is 11.7. The van der Waals surface area contributed by atoms with Gasteiger partial charge in [0.15, 0.2) is 5.16 Å². The number of anilines is 1. The van der Waals surface area contributed by atoms with Crippen LogP contribution in [0, 0.1) is 0 Å². The van der Waals surface area contributed by atoms with Crippen LogP contribution in [-0.4, -0.2) is 34.6 Å². The van der Waals surface area contributed by atoms with Crippen molar-refractivity contribution < 1.29 is 9.59 Å². The number of thioether (sulfide) groups is 1. The molecular formula is C17H16N4O2S. The lowest BCUT2D eigenvalue weighted by Gasteiger charge is -2.06. The van der Waals surface area contributed by atoms with Crippen molar-refractivity contribution in [3.8, 4) is 0 Å². The maximum Gasteiger partial charge on any atom is 0.251 e. The summed E-state index contributed by atoms with van der Waals surface area (Å²) in [4.78, 5) is 31.3. The van der Waals surface area contributed by atoms with Crippen LogP contribution in [0.4, 0.5) is 5.69 Å². The second-order valence-electron chi connectivity index (χ2n) is 5.06. The SMILES string of the molecule is CNC(=O)c1cccc(NC(=O)CSc2nc3ccccc3[nH]2)c1. The molecule has 0 aliphatic rings. The molecule has 0 bridgehead atoms. The second kappa shape index (κ2) is 7.18. The summed E-state index contributed by atoms with van der Waals surface area (Å²) >= 11 is 1.33. The first-order valence-corrected chi connectivity index (χ1v) is 8.34. The Kier molecular flexibility index (Phi) is 4.81. The van der Waals surface area contributed by atoms with E-state index in [9.17, 15) is 9.59 Å². The molecule has 0 atom stereocenters. The van der Waals surface area contributed by atoms with Crippen molar-refractivity contribution in [1.82, 2.24) is 15.3 Å². The number of nitrogens with one attached hydrogen (secondary N) is 3. The zero-order valence-electron chi connectivity index (χ0n) is 13.0. The number of nitrogens with zero attached hydrogens (tertiary/aromatic N) is 1. The van der Waals surface area contributed by atoms with Gasteiger partial charge in [0.05, 0.1) is 16.8 Å². The second-order valence-corrected chi connectivity index (χ2v) is 6.02. The standard InChI is InChI=1S/C17H16N4O2S/c1-18-16(23)11-5-4-6-12(9-11)19-15(22)10-24-17-20-13-7-2-3-8-14(13)21-17/h2-9H,10H2,1H3,(H,18,23)(H,19,22)(H,20,21). The predicted octanol–water partition coefficient (Wildman–Crippen LogP) is 2.65. The summed E-state index contributed by atoms with van der Waals surface area (Å²) in [6.45, 7) is 0. The van der Waals surface area contributed by atoms with Crippen LogP contribution in [0.3, 0.4) is 0 Å². The lowest BCUT2D eigenvalue weighted by atomic mass is 10.2. The molecule has 0 aliphatic heterocycles. The van der Waals surface area contributed by atoms with Crippen LogP contribution < -0.4 is 10.6 Å². The van der Waals surface area contributed by atoms with E-state index in [1.54, 1.807) is 31.3 Å². The molecule has 0 radical (unpaired) electrons. The number of H-pyrrole nitrogens is 1. The predicted molar refractivity (Wildman–Crippen MR) is 95.3 cm³/mol. The Morgan fingerprint density at radius 1 is 1.17 bits per heavy atom. The number of para-hydroxylation sites is 2. The van der Waals surface area contributed by atoms with Crippen molar-refractivity contribution in [2.75, 3.05) is 18.1 Å². The smallest absolute Gasteiger partial charge is 0.251 e. The third kappa shape index (κ3) is 3.75. The van der Waals surface area contributed by atoms with Gasteiger partial charge in [0, 0.05) is 18.3 Å². The minimum Gasteiger partial charge on any atom is -0.355 e. The van der Waals surface area contributed by atoms with Gasteiger partial charge in [0.1, 0.15) is 0 Å². The van der Waals surface area contributed by atoms with Crippen LogP contribution in [0.15, 0.2) is 53.7 Å². The highest BCUT2D eigenvalue weighted by Gasteiger charge is 2.09. The van der Waals surface area contributed by atoms with E-state index in [0.29, 0.717) is 16.4 Å². The Bertz CT molecular complexity index is 858. The summed E-state index contributed by atoms with van der Waals surface area (Å²) in [6, 6.07) is 14.5. The average molecular weight is 340 g/mol. The van der Waals surface area contributed by atoms with Gasteiger partial charge in [0.25, 0.3) is 5.91 Å². The number of imidazole rings is 1. The van der Waals surface area contributed by atoms with Crippen LogP contribution in [0.5, 0.6) is 0 Å². The number of amides is 2. The summed E-state index contributed by atoms with van der Waals surface area (Å²) in [5, 5.41) is 6.04. The zero-order chi connectivity index (χ0) is 16.9. The van der Waals surface area contributed by atoms with Gasteiger partial charge in [-0.3, -0.25) is 9.59 Å². The average Bonchev–Trinajstić information content (AvgIpc) is 3.02. The van der Waals surface area contributed by atoms with Crippen LogP contribution in [0.2, 0.25) is 0 Å². The Hall–Kier alpha value is -2.80. The summed E-state index contributed by atoms with van der Waals surface area (Å²) in [5.74, 6) is -0.124. The third-order valence-corrected chi connectivity index (χ3v) is 4.22. The number of hydrogen-bond acceptors (Lipinski definition) is 4. The van der Waals surface area contributed by atoms with Crippen molar-refractivity contribution in [1.29, 1.82) is 0 Å². The molecule has 122 valence electrons. The molecule has 24 heavy (non-hydrogen) atoms. The van der Waals surface area contributed by atoms with Gasteiger partial charge in [0.2, 0.25) is 5.91 Å². The van der Waals surface area contributed by atoms with Crippen LogP contribution >= 0.6 is 11.8 Å². The summed E-state index contributed by atoms with van der Waals surface area (Å²) in [6.07, 6.45) is 0. The molecular weight excluding hydrogens is 324 g/mol. The van der Waals surface area contributed by atoms with E-state index in [1.165, 1.54) is 11.8 Å². The number of aromatic nitrogens is 2. The number of fused-ring (bicyclic) bond motifs is 1. The zero-order valence-corrected chi connectivity index (χ0v) is 13.8. The molecule has 0 aliphatic carbocycles. The Morgan fingerprint density at radius 2 is 2.00 bits per heavy atom. The van der Waals surface area contributed by atoms with Gasteiger partial charge in [-0.05, 0) is 30.3 Å². The monoisotopic (exact) mass is 340 g/mol. The highest BCUT2D eigenvalue weighted by atomic mass is 32.2. The number of rotatable bonds is 5. The lowest BCUT2D eigenvalue weighted by Crippen LogP contribution is -2.19. The fourth-order valence-electron chi connectivity index (χ4n) is 2.21. The number of hydrogen-bond donors (Lipinski definition) is 3. The number of carbonyl (C=O) groups is 2. The molecule has 7 heteroatoms. The number of carbonyl (C=O) groups excluding carboxylic acids is 2. The van der Waals surface area contributed by atoms with Crippen LogP contribution in [0.25, 0.3) is 11.0 Å². The fraction of sp³-hybridized carbons (Fsp3) is 0.118. The van der Waals surface area contributed by atoms with E-state index in [-0.39, 0.29) is 17.6 Å². The Labute approximate surface area is 143 Å². The minimum absolute atomic E-state index is 0.158. The molecule has 3 N–H and O–H groups in total. The van der Waals surface area contributed by atoms with Crippen molar-refractivity contribution in [3.05, 3.63) is 54.1 Å². The summed E-state index contributed by atoms with van der Waals surface area (Å²) in [7, 11) is 1.57. The van der Waals surface area contributed by atoms with Crippen molar-refractivity contribution in [2.45, 2.75) is 5.16 Å². The molecule has 0 unspecified atom stereocenters. The molecule has 1 aromatic heterocycles. The third-order valence-electron chi connectivity index (χ3n) is 3.34. The molecule has 6 nitrogen and oxygen atoms in total. The number of aromatic amines is 1. The van der Waals surface area contributed by atoms with Gasteiger partial charge in [-0.2, -0.15) is 0 Å². The summed E-state index contributed by atoms with van der Waals surface area (Å²) < 4.78 is 0. The molecule has 3 rings (SSSR count). The summed E-state index contributed by atoms with van der Waals surface area (Å²) in [5.41, 5.74) is 2.91. The van der Waals surface area contributed by atoms with E-state index < -0.39 is 0 Å². The Balaban J connectivity index is 1.60. The molecule has 3 aromatic rings. The van der Waals surface area contributed by atoms with E-state index in [0.717, 1.165) is 11.0 Å². The van der Waals surface area contributed by atoms with E-state index in [1.807, 2.05) is 24.3 Å². The topological polar surface area (TPSA) is 86.9 Å². The normalized spacial score (nSPS) is 10.5. The van der Waals surface area contributed by atoms with E-state index in [4.69, 9.17) is 0 Å². The van der Waals surface area contributed by atoms with Crippen molar-refractivity contribution in [3.63, 3.8) is 0 Å². The quantitative estimate of drug-likeness (QED) is 0.623. The first kappa shape index (κ1) is 16.1. The molecule has 1 heterocycles. The first-order valence-electron chi connectivity index (χ1n) is 7.35. The largest absolute Gasteiger partial charge is 0.355 e. The van der Waals surface area contributed by atoms with Crippen molar-refractivity contribution in [2.24, 2.45) is 0 Å². The molecule has 0 saturated carbocycles. The number of benzene rings is 2. The molecule has 2 aromatic carbocycles. The minimum atomic E-state index is -0.192. The maximum absolute atomic E-state index is 12.1. The molecule has 2 amide bonds. The van der Waals surface area contributed by atoms with Gasteiger partial charge in [-0.15, -0.1) is 0 Å². The van der Waals surface area contributed by atoms with Gasteiger partial charge >= 0.3 is 0 Å². The molecule has 0 spiro atoms. The molecule has 0 saturated heterocycles. The highest BCUT2D eigenvalue weighted by molar-refractivity contribution is 7.99. The fourth-order valence-corrected chi connectivity index (χ4v) is 2.90. The van der Waals surface area contributed by atoms with Crippen LogP contribution in [0.1, 0.15) is 10.4 Å². The highest BCUT2D eigenvalue weighted by Crippen LogP contribution is 2.19. The maximum atomic E-state index is 12.1. The van der Waals surface area contributed by atoms with Gasteiger partial charge < -0.3 is 15.6 Å². The van der Waals surface area contributed by atoms with E-state index in [2.05, 4.69) is 20.6 Å². The van der Waals surface area contributed by atoms with Gasteiger partial charge in [-0.25, -0.2) is 4.98 Å². The van der Waals surface area contributed by atoms with Crippen molar-refractivity contribution >= 4 is 40.3 Å². The molecule has 0 fully saturated rings. The van der Waals surface area contributed by atoms with Gasteiger partial charge in [-0.1, -0.05) is 30.0 Å². The lowest BCUT2D eigenvalue weighted by molar-refractivity contribution is -0.113. The van der Waals surface area contributed by atoms with E-state index >= 15 is 0 Å².